The summed E-state index contributed by atoms with van der Waals surface area (Å²) >= 11 is 0. The zero-order valence-electron chi connectivity index (χ0n) is 23.8. The fourth-order valence-corrected chi connectivity index (χ4v) is 5.35. The molecule has 204 valence electrons. The number of ether oxygens (including phenoxy) is 2. The van der Waals surface area contributed by atoms with Gasteiger partial charge >= 0.3 is 20.4 Å². The van der Waals surface area contributed by atoms with Crippen LogP contribution in [0.4, 0.5) is 0 Å². The Hall–Kier alpha value is 1.50. The molecule has 33 heavy (non-hydrogen) atoms. The van der Waals surface area contributed by atoms with Gasteiger partial charge in [-0.15, -0.1) is 18.5 Å². The van der Waals surface area contributed by atoms with Crippen molar-refractivity contribution in [1.82, 2.24) is 0 Å². The molecule has 2 nitrogen and oxygen atoms in total. The van der Waals surface area contributed by atoms with Crippen LogP contribution in [0.5, 0.6) is 0 Å². The first-order valence-corrected chi connectivity index (χ1v) is 12.7. The normalized spacial score (nSPS) is 13.6. The first-order chi connectivity index (χ1) is 13.2. The molecule has 0 amide bonds. The van der Waals surface area contributed by atoms with Gasteiger partial charge in [0.05, 0.1) is 11.2 Å². The summed E-state index contributed by atoms with van der Waals surface area (Å²) in [5.74, 6) is 0. The molecule has 0 aliphatic heterocycles. The summed E-state index contributed by atoms with van der Waals surface area (Å²) in [6, 6.07) is 0. The van der Waals surface area contributed by atoms with Gasteiger partial charge in [0.1, 0.15) is 0 Å². The summed E-state index contributed by atoms with van der Waals surface area (Å²) < 4.78 is 11.7. The van der Waals surface area contributed by atoms with Crippen LogP contribution in [-0.2, 0) is 29.9 Å². The minimum absolute atomic E-state index is 0. The van der Waals surface area contributed by atoms with E-state index >= 15 is 0 Å². The minimum Gasteiger partial charge on any atom is -1.00 e. The van der Waals surface area contributed by atoms with Crippen molar-refractivity contribution in [2.45, 2.75) is 94.3 Å². The molecule has 0 aromatic rings. The molecule has 7 heteroatoms. The number of hydrogen-bond donors (Lipinski definition) is 0. The van der Waals surface area contributed by atoms with E-state index in [1.807, 2.05) is 14.2 Å². The maximum atomic E-state index is 5.87. The predicted octanol–water partition coefficient (Wildman–Crippen LogP) is 1.80. The second-order valence-corrected chi connectivity index (χ2v) is 13.1. The van der Waals surface area contributed by atoms with Gasteiger partial charge in [-0.2, -0.15) is 0 Å². The Labute approximate surface area is 238 Å². The summed E-state index contributed by atoms with van der Waals surface area (Å²) in [6.45, 7) is 26.8. The molecule has 0 rings (SSSR count). The van der Waals surface area contributed by atoms with E-state index < -0.39 is 0 Å². The van der Waals surface area contributed by atoms with Crippen LogP contribution in [0.3, 0.4) is 0 Å². The third-order valence-electron chi connectivity index (χ3n) is 6.08. The molecule has 0 aromatic heterocycles. The number of halogens is 2. The summed E-state index contributed by atoms with van der Waals surface area (Å²) in [6.07, 6.45) is 10.7. The molecule has 0 spiro atoms. The van der Waals surface area contributed by atoms with Crippen molar-refractivity contribution in [2.24, 2.45) is 21.7 Å². The van der Waals surface area contributed by atoms with E-state index in [1.54, 1.807) is 0 Å². The second kappa shape index (κ2) is 17.1. The van der Waals surface area contributed by atoms with Crippen molar-refractivity contribution in [3.05, 3.63) is 24.3 Å². The summed E-state index contributed by atoms with van der Waals surface area (Å²) in [5, 5.41) is 0. The Morgan fingerprint density at radius 2 is 0.697 bits per heavy atom. The van der Waals surface area contributed by atoms with Crippen LogP contribution in [0.2, 0.25) is 0 Å². The molecule has 0 fully saturated rings. The predicted molar refractivity (Wildman–Crippen MR) is 145 cm³/mol. The zero-order valence-corrected chi connectivity index (χ0v) is 29.1. The SMILES string of the molecule is COC(C=CCP)(C(C)(C)C)C(C)(C)C.COC(C=CCP)(C(C)(C)C)C(C)(C)C.[Cl-].[Cl-].[Pd+2]. The van der Waals surface area contributed by atoms with Gasteiger partial charge in [-0.05, 0) is 34.0 Å². The van der Waals surface area contributed by atoms with Crippen molar-refractivity contribution in [3.63, 3.8) is 0 Å². The Morgan fingerprint density at radius 1 is 0.515 bits per heavy atom. The van der Waals surface area contributed by atoms with Crippen LogP contribution in [0.1, 0.15) is 83.1 Å². The standard InChI is InChI=1S/2C13H27OP.2ClH.Pd/c2*1-11(2,3)13(14-7,9-8-10-15)12(4,5)6;;;/h2*8-9H,10,15H2,1-7H3;2*1H;/q;;;;+2/p-2. The van der Waals surface area contributed by atoms with Crippen molar-refractivity contribution >= 4 is 18.5 Å². The zero-order chi connectivity index (χ0) is 24.7. The molecular weight excluding hydrogens is 584 g/mol. The number of allylic oxidation sites excluding steroid dienone is 2. The smallest absolute Gasteiger partial charge is 1.00 e. The molecule has 0 aliphatic rings. The quantitative estimate of drug-likeness (QED) is 0.252. The van der Waals surface area contributed by atoms with Gasteiger partial charge in [-0.3, -0.25) is 0 Å². The van der Waals surface area contributed by atoms with Crippen molar-refractivity contribution in [1.29, 1.82) is 0 Å². The molecule has 0 saturated carbocycles. The topological polar surface area (TPSA) is 18.5 Å². The van der Waals surface area contributed by atoms with Crippen molar-refractivity contribution < 1.29 is 54.7 Å². The Morgan fingerprint density at radius 3 is 0.788 bits per heavy atom. The monoisotopic (exact) mass is 636 g/mol. The van der Waals surface area contributed by atoms with Gasteiger partial charge in [0.2, 0.25) is 0 Å². The summed E-state index contributed by atoms with van der Waals surface area (Å²) in [7, 11) is 9.05. The number of rotatable bonds is 6. The average Bonchev–Trinajstić information content (AvgIpc) is 2.52. The molecule has 0 heterocycles. The van der Waals surface area contributed by atoms with Crippen molar-refractivity contribution in [3.8, 4) is 0 Å². The van der Waals surface area contributed by atoms with Crippen molar-refractivity contribution in [2.75, 3.05) is 26.5 Å². The molecule has 0 radical (unpaired) electrons. The van der Waals surface area contributed by atoms with E-state index in [4.69, 9.17) is 9.47 Å². The largest absolute Gasteiger partial charge is 2.00 e. The van der Waals surface area contributed by atoms with Gasteiger partial charge in [0, 0.05) is 14.2 Å². The molecule has 0 saturated heterocycles. The second-order valence-electron chi connectivity index (χ2n) is 12.2. The molecule has 0 N–H and O–H groups in total. The van der Waals surface area contributed by atoms with E-state index in [-0.39, 0.29) is 78.1 Å². The molecule has 0 bridgehead atoms. The van der Waals surface area contributed by atoms with Crippen LogP contribution in [0, 0.1) is 21.7 Å². The van der Waals surface area contributed by atoms with Gasteiger partial charge < -0.3 is 34.3 Å². The van der Waals surface area contributed by atoms with Gasteiger partial charge in [0.25, 0.3) is 0 Å². The summed E-state index contributed by atoms with van der Waals surface area (Å²) in [5.41, 5.74) is -0.132. The van der Waals surface area contributed by atoms with E-state index in [0.29, 0.717) is 0 Å². The number of methoxy groups -OCH3 is 2. The number of hydrogen-bond acceptors (Lipinski definition) is 2. The Bertz CT molecular complexity index is 475. The Kier molecular flexibility index (Phi) is 23.0. The first-order valence-electron chi connectivity index (χ1n) is 11.1. The molecule has 0 aromatic carbocycles. The fraction of sp³-hybridized carbons (Fsp3) is 0.846. The van der Waals surface area contributed by atoms with Gasteiger partial charge in [-0.25, -0.2) is 0 Å². The fourth-order valence-electron chi connectivity index (χ4n) is 5.08. The Balaban J connectivity index is -0.000000145. The van der Waals surface area contributed by atoms with Gasteiger partial charge in [0.15, 0.2) is 0 Å². The van der Waals surface area contributed by atoms with E-state index in [2.05, 4.69) is 126 Å². The third-order valence-corrected chi connectivity index (χ3v) is 6.62. The van der Waals surface area contributed by atoms with E-state index in [1.165, 1.54) is 0 Å². The maximum absolute atomic E-state index is 5.87. The summed E-state index contributed by atoms with van der Waals surface area (Å²) in [4.78, 5) is 0. The molecule has 2 unspecified atom stereocenters. The molecule has 2 atom stereocenters. The van der Waals surface area contributed by atoms with Gasteiger partial charge in [-0.1, -0.05) is 107 Å². The van der Waals surface area contributed by atoms with E-state index in [0.717, 1.165) is 12.3 Å². The molecule has 0 aliphatic carbocycles. The maximum Gasteiger partial charge on any atom is 2.00 e. The molecular formula is C26H54Cl2O2P2Pd. The van der Waals surface area contributed by atoms with Crippen LogP contribution < -0.4 is 24.8 Å². The van der Waals surface area contributed by atoms with Crippen LogP contribution in [-0.4, -0.2) is 37.7 Å². The van der Waals surface area contributed by atoms with Crippen LogP contribution in [0.15, 0.2) is 24.3 Å². The van der Waals surface area contributed by atoms with Crippen LogP contribution >= 0.6 is 18.5 Å². The average molecular weight is 638 g/mol. The van der Waals surface area contributed by atoms with E-state index in [9.17, 15) is 0 Å². The third kappa shape index (κ3) is 11.6. The van der Waals surface area contributed by atoms with Crippen LogP contribution in [0.25, 0.3) is 0 Å². The minimum atomic E-state index is -0.226. The first kappa shape index (κ1) is 44.5.